The highest BCUT2D eigenvalue weighted by Crippen LogP contribution is 2.38. The van der Waals surface area contributed by atoms with E-state index < -0.39 is 17.5 Å². The van der Waals surface area contributed by atoms with Crippen LogP contribution in [0.5, 0.6) is 5.75 Å². The molecule has 2 aromatic heterocycles. The first-order chi connectivity index (χ1) is 10.3. The summed E-state index contributed by atoms with van der Waals surface area (Å²) in [5.41, 5.74) is -0.158. The molecule has 3 rings (SSSR count). The average Bonchev–Trinajstić information content (AvgIpc) is 2.76. The van der Waals surface area contributed by atoms with Crippen molar-refractivity contribution in [2.75, 3.05) is 0 Å². The zero-order valence-electron chi connectivity index (χ0n) is 11.3. The first kappa shape index (κ1) is 14.4. The number of hydrogen-bond acceptors (Lipinski definition) is 4. The van der Waals surface area contributed by atoms with Crippen LogP contribution in [0.2, 0.25) is 0 Å². The third-order valence-electron chi connectivity index (χ3n) is 3.12. The number of phenolic OH excluding ortho intramolecular Hbond substituents is 1. The lowest BCUT2D eigenvalue weighted by atomic mass is 10.0. The van der Waals surface area contributed by atoms with Crippen LogP contribution < -0.4 is 5.72 Å². The van der Waals surface area contributed by atoms with E-state index in [1.807, 2.05) is 0 Å². The molecule has 1 aromatic carbocycles. The van der Waals surface area contributed by atoms with Crippen molar-refractivity contribution in [2.45, 2.75) is 13.1 Å². The van der Waals surface area contributed by atoms with Crippen LogP contribution in [0.25, 0.3) is 17.0 Å². The number of aromatic nitrogens is 4. The van der Waals surface area contributed by atoms with Gasteiger partial charge in [-0.3, -0.25) is 0 Å². The van der Waals surface area contributed by atoms with E-state index >= 15 is 0 Å². The summed E-state index contributed by atoms with van der Waals surface area (Å²) in [4.78, 5) is 8.02. The lowest BCUT2D eigenvalue weighted by Gasteiger charge is -2.13. The number of alkyl halides is 3. The molecule has 110 valence electrons. The van der Waals surface area contributed by atoms with Gasteiger partial charge < -0.3 is 5.11 Å². The minimum absolute atomic E-state index is 0.0259. The molecule has 0 aliphatic carbocycles. The van der Waals surface area contributed by atoms with Crippen LogP contribution in [0, 0.1) is 6.92 Å². The summed E-state index contributed by atoms with van der Waals surface area (Å²) in [6.07, 6.45) is -3.02. The van der Waals surface area contributed by atoms with Gasteiger partial charge in [0.05, 0.1) is 17.0 Å². The number of nitrogens with zero attached hydrogens (tertiary/aromatic N) is 4. The van der Waals surface area contributed by atoms with E-state index in [1.165, 1.54) is 23.7 Å². The summed E-state index contributed by atoms with van der Waals surface area (Å²) >= 11 is 0. The van der Waals surface area contributed by atoms with Gasteiger partial charge in [-0.05, 0) is 30.7 Å². The maximum Gasteiger partial charge on any atom is 0.416 e. The molecular weight excluding hydrogens is 296 g/mol. The fraction of sp³-hybridized carbons (Fsp3) is 0.154. The molecular formula is C13H8BF3N4O. The zero-order chi connectivity index (χ0) is 16.1. The molecule has 2 radical (unpaired) electrons. The first-order valence-corrected chi connectivity index (χ1v) is 6.16. The fourth-order valence-electron chi connectivity index (χ4n) is 2.20. The molecule has 0 unspecified atom stereocenters. The minimum atomic E-state index is -4.53. The lowest BCUT2D eigenvalue weighted by molar-refractivity contribution is -0.137. The topological polar surface area (TPSA) is 63.3 Å². The predicted molar refractivity (Wildman–Crippen MR) is 73.0 cm³/mol. The van der Waals surface area contributed by atoms with Crippen molar-refractivity contribution in [1.82, 2.24) is 19.6 Å². The molecule has 0 atom stereocenters. The van der Waals surface area contributed by atoms with Gasteiger partial charge in [0.25, 0.3) is 5.78 Å². The van der Waals surface area contributed by atoms with Crippen LogP contribution in [0.3, 0.4) is 0 Å². The SMILES string of the molecule is [B]c1nc2nc(-c3c(C)cc(C(F)(F)F)cc3O)ccn2n1. The summed E-state index contributed by atoms with van der Waals surface area (Å²) in [6.45, 7) is 1.47. The van der Waals surface area contributed by atoms with Gasteiger partial charge in [-0.15, -0.1) is 0 Å². The molecule has 1 N–H and O–H groups in total. The van der Waals surface area contributed by atoms with Crippen LogP contribution in [0.15, 0.2) is 24.4 Å². The molecule has 2 heterocycles. The largest absolute Gasteiger partial charge is 0.507 e. The van der Waals surface area contributed by atoms with E-state index in [1.54, 1.807) is 0 Å². The second-order valence-electron chi connectivity index (χ2n) is 4.71. The number of fused-ring (bicyclic) bond motifs is 1. The van der Waals surface area contributed by atoms with E-state index in [0.29, 0.717) is 6.07 Å². The fourth-order valence-corrected chi connectivity index (χ4v) is 2.20. The van der Waals surface area contributed by atoms with Crippen LogP contribution >= 0.6 is 0 Å². The van der Waals surface area contributed by atoms with Gasteiger partial charge in [0.2, 0.25) is 0 Å². The molecule has 0 aliphatic heterocycles. The normalized spacial score (nSPS) is 12.0. The van der Waals surface area contributed by atoms with E-state index in [9.17, 15) is 18.3 Å². The third-order valence-corrected chi connectivity index (χ3v) is 3.12. The standard InChI is InChI=1S/C13H8BF3N4O/c1-6-4-7(13(15,16)17)5-9(22)10(6)8-2-3-21-12(18-8)19-11(14)20-21/h2-5,22H,1H3. The van der Waals surface area contributed by atoms with Crippen LogP contribution in [-0.2, 0) is 6.18 Å². The Labute approximate surface area is 123 Å². The second kappa shape index (κ2) is 4.72. The number of rotatable bonds is 1. The quantitative estimate of drug-likeness (QED) is 0.694. The molecule has 0 aliphatic rings. The van der Waals surface area contributed by atoms with Crippen LogP contribution in [-0.4, -0.2) is 32.5 Å². The minimum Gasteiger partial charge on any atom is -0.507 e. The third kappa shape index (κ3) is 2.38. The van der Waals surface area contributed by atoms with Crippen molar-refractivity contribution in [3.05, 3.63) is 35.5 Å². The highest BCUT2D eigenvalue weighted by Gasteiger charge is 2.32. The van der Waals surface area contributed by atoms with Crippen molar-refractivity contribution in [2.24, 2.45) is 0 Å². The van der Waals surface area contributed by atoms with E-state index in [2.05, 4.69) is 15.1 Å². The average molecular weight is 304 g/mol. The molecule has 3 aromatic rings. The van der Waals surface area contributed by atoms with Gasteiger partial charge in [0.1, 0.15) is 5.75 Å². The van der Waals surface area contributed by atoms with Gasteiger partial charge in [-0.1, -0.05) is 0 Å². The number of benzene rings is 1. The summed E-state index contributed by atoms with van der Waals surface area (Å²) < 4.78 is 39.5. The molecule has 0 saturated carbocycles. The molecule has 0 spiro atoms. The Kier molecular flexibility index (Phi) is 3.08. The maximum absolute atomic E-state index is 12.7. The highest BCUT2D eigenvalue weighted by molar-refractivity contribution is 6.29. The van der Waals surface area contributed by atoms with Gasteiger partial charge in [0.15, 0.2) is 7.85 Å². The van der Waals surface area contributed by atoms with Crippen molar-refractivity contribution in [3.8, 4) is 17.0 Å². The molecule has 0 amide bonds. The summed E-state index contributed by atoms with van der Waals surface area (Å²) in [5, 5.41) is 13.8. The van der Waals surface area contributed by atoms with Crippen LogP contribution in [0.4, 0.5) is 13.2 Å². The summed E-state index contributed by atoms with van der Waals surface area (Å²) in [7, 11) is 5.45. The van der Waals surface area contributed by atoms with E-state index in [0.717, 1.165) is 6.07 Å². The van der Waals surface area contributed by atoms with E-state index in [-0.39, 0.29) is 28.3 Å². The van der Waals surface area contributed by atoms with Gasteiger partial charge >= 0.3 is 6.18 Å². The summed E-state index contributed by atoms with van der Waals surface area (Å²) in [6, 6.07) is 3.14. The molecule has 22 heavy (non-hydrogen) atoms. The Morgan fingerprint density at radius 3 is 2.59 bits per heavy atom. The maximum atomic E-state index is 12.7. The smallest absolute Gasteiger partial charge is 0.416 e. The Balaban J connectivity index is 2.17. The Bertz CT molecular complexity index is 852. The second-order valence-corrected chi connectivity index (χ2v) is 4.71. The first-order valence-electron chi connectivity index (χ1n) is 6.16. The Hall–Kier alpha value is -2.58. The van der Waals surface area contributed by atoms with Crippen molar-refractivity contribution >= 4 is 19.3 Å². The van der Waals surface area contributed by atoms with Gasteiger partial charge in [0, 0.05) is 11.8 Å². The number of phenols is 1. The zero-order valence-corrected chi connectivity index (χ0v) is 11.3. The number of halogens is 3. The number of aromatic hydroxyl groups is 1. The van der Waals surface area contributed by atoms with Crippen molar-refractivity contribution in [3.63, 3.8) is 0 Å². The lowest BCUT2D eigenvalue weighted by Crippen LogP contribution is -2.06. The Morgan fingerprint density at radius 2 is 1.95 bits per heavy atom. The number of aryl methyl sites for hydroxylation is 1. The molecule has 5 nitrogen and oxygen atoms in total. The predicted octanol–water partition coefficient (Wildman–Crippen LogP) is 1.62. The summed E-state index contributed by atoms with van der Waals surface area (Å²) in [5.74, 6) is -0.314. The van der Waals surface area contributed by atoms with Gasteiger partial charge in [-0.25, -0.2) is 14.5 Å². The highest BCUT2D eigenvalue weighted by atomic mass is 19.4. The molecule has 0 fully saturated rings. The molecule has 0 bridgehead atoms. The van der Waals surface area contributed by atoms with Crippen LogP contribution in [0.1, 0.15) is 11.1 Å². The molecule has 9 heteroatoms. The molecule has 0 saturated heterocycles. The van der Waals surface area contributed by atoms with Crippen molar-refractivity contribution in [1.29, 1.82) is 0 Å². The Morgan fingerprint density at radius 1 is 1.23 bits per heavy atom. The monoisotopic (exact) mass is 304 g/mol. The number of hydrogen-bond donors (Lipinski definition) is 1. The van der Waals surface area contributed by atoms with Gasteiger partial charge in [-0.2, -0.15) is 18.3 Å². The van der Waals surface area contributed by atoms with E-state index in [4.69, 9.17) is 7.85 Å². The van der Waals surface area contributed by atoms with Crippen molar-refractivity contribution < 1.29 is 18.3 Å².